The first-order chi connectivity index (χ1) is 14.9. The van der Waals surface area contributed by atoms with Crippen LogP contribution >= 0.6 is 0 Å². The Labute approximate surface area is 184 Å². The number of allylic oxidation sites excluding steroid dienone is 2. The van der Waals surface area contributed by atoms with E-state index in [-0.39, 0.29) is 5.41 Å². The van der Waals surface area contributed by atoms with Crippen LogP contribution in [0.5, 0.6) is 17.2 Å². The van der Waals surface area contributed by atoms with Crippen molar-refractivity contribution < 1.29 is 9.47 Å². The number of nitrogens with two attached hydrogens (primary N) is 2. The van der Waals surface area contributed by atoms with Crippen LogP contribution in [0.25, 0.3) is 0 Å². The lowest BCUT2D eigenvalue weighted by Gasteiger charge is -2.26. The van der Waals surface area contributed by atoms with E-state index >= 15 is 0 Å². The lowest BCUT2D eigenvalue weighted by molar-refractivity contribution is 0.442. The van der Waals surface area contributed by atoms with E-state index in [0.717, 1.165) is 28.7 Å². The molecule has 0 saturated carbocycles. The van der Waals surface area contributed by atoms with Crippen molar-refractivity contribution in [1.29, 1.82) is 0 Å². The third-order valence-electron chi connectivity index (χ3n) is 5.21. The molecule has 3 aromatic carbocycles. The Kier molecular flexibility index (Phi) is 7.16. The first kappa shape index (κ1) is 22.2. The maximum Gasteiger partial charge on any atom is 0.127 e. The maximum atomic E-state index is 5.91. The zero-order chi connectivity index (χ0) is 22.3. The van der Waals surface area contributed by atoms with Gasteiger partial charge in [-0.3, -0.25) is 0 Å². The second kappa shape index (κ2) is 10.0. The Morgan fingerprint density at radius 1 is 0.806 bits per heavy atom. The summed E-state index contributed by atoms with van der Waals surface area (Å²) in [5, 5.41) is 0. The van der Waals surface area contributed by atoms with Gasteiger partial charge in [0.2, 0.25) is 0 Å². The molecule has 0 aromatic heterocycles. The van der Waals surface area contributed by atoms with Gasteiger partial charge in [-0.1, -0.05) is 44.2 Å². The molecule has 0 spiro atoms. The van der Waals surface area contributed by atoms with Gasteiger partial charge in [-0.2, -0.15) is 0 Å². The van der Waals surface area contributed by atoms with Crippen molar-refractivity contribution in [2.45, 2.75) is 26.2 Å². The summed E-state index contributed by atoms with van der Waals surface area (Å²) < 4.78 is 11.8. The molecule has 4 heteroatoms. The number of benzene rings is 3. The summed E-state index contributed by atoms with van der Waals surface area (Å²) in [6.07, 6.45) is 5.66. The molecule has 0 aliphatic rings. The van der Waals surface area contributed by atoms with Crippen LogP contribution in [0.4, 0.5) is 5.69 Å². The van der Waals surface area contributed by atoms with E-state index in [1.54, 1.807) is 0 Å². The lowest BCUT2D eigenvalue weighted by atomic mass is 9.78. The van der Waals surface area contributed by atoms with Crippen LogP contribution in [0.2, 0.25) is 0 Å². The third kappa shape index (κ3) is 5.77. The Morgan fingerprint density at radius 3 is 1.77 bits per heavy atom. The fraction of sp³-hybridized carbons (Fsp3) is 0.185. The van der Waals surface area contributed by atoms with Gasteiger partial charge >= 0.3 is 0 Å². The normalized spacial score (nSPS) is 12.2. The largest absolute Gasteiger partial charge is 0.458 e. The van der Waals surface area contributed by atoms with E-state index in [2.05, 4.69) is 38.1 Å². The summed E-state index contributed by atoms with van der Waals surface area (Å²) in [6, 6.07) is 23.8. The first-order valence-electron chi connectivity index (χ1n) is 10.4. The van der Waals surface area contributed by atoms with E-state index < -0.39 is 0 Å². The highest BCUT2D eigenvalue weighted by molar-refractivity contribution is 5.45. The van der Waals surface area contributed by atoms with E-state index in [4.69, 9.17) is 20.9 Å². The molecule has 0 aliphatic heterocycles. The number of hydrogen-bond acceptors (Lipinski definition) is 4. The van der Waals surface area contributed by atoms with Gasteiger partial charge in [0.15, 0.2) is 0 Å². The van der Waals surface area contributed by atoms with Gasteiger partial charge in [-0.25, -0.2) is 0 Å². The highest BCUT2D eigenvalue weighted by atomic mass is 16.5. The Morgan fingerprint density at radius 2 is 1.29 bits per heavy atom. The topological polar surface area (TPSA) is 70.5 Å². The quantitative estimate of drug-likeness (QED) is 0.262. The molecule has 0 amide bonds. The van der Waals surface area contributed by atoms with Crippen LogP contribution in [0, 0.1) is 0 Å². The third-order valence-corrected chi connectivity index (χ3v) is 5.21. The molecule has 0 fully saturated rings. The van der Waals surface area contributed by atoms with Crippen LogP contribution in [0.3, 0.4) is 0 Å². The first-order valence-corrected chi connectivity index (χ1v) is 10.4. The molecule has 3 rings (SSSR count). The molecule has 31 heavy (non-hydrogen) atoms. The van der Waals surface area contributed by atoms with Crippen molar-refractivity contribution in [1.82, 2.24) is 0 Å². The van der Waals surface area contributed by atoms with E-state index in [9.17, 15) is 0 Å². The van der Waals surface area contributed by atoms with Crippen molar-refractivity contribution >= 4 is 5.69 Å². The van der Waals surface area contributed by atoms with Crippen LogP contribution < -0.4 is 20.9 Å². The molecule has 0 atom stereocenters. The fourth-order valence-corrected chi connectivity index (χ4v) is 3.23. The maximum absolute atomic E-state index is 5.91. The minimum atomic E-state index is -0.166. The second-order valence-electron chi connectivity index (χ2n) is 7.78. The van der Waals surface area contributed by atoms with Crippen LogP contribution in [-0.2, 0) is 5.41 Å². The van der Waals surface area contributed by atoms with Gasteiger partial charge in [-0.05, 0) is 78.7 Å². The highest BCUT2D eigenvalue weighted by Gasteiger charge is 2.23. The van der Waals surface area contributed by atoms with Gasteiger partial charge in [-0.15, -0.1) is 0 Å². The minimum absolute atomic E-state index is 0.166. The zero-order valence-corrected chi connectivity index (χ0v) is 18.3. The van der Waals surface area contributed by atoms with Crippen LogP contribution in [-0.4, -0.2) is 6.54 Å². The van der Waals surface area contributed by atoms with E-state index in [0.29, 0.717) is 6.54 Å². The Bertz CT molecular complexity index is 1030. The van der Waals surface area contributed by atoms with Crippen LogP contribution in [0.15, 0.2) is 96.8 Å². The van der Waals surface area contributed by atoms with E-state index in [1.807, 2.05) is 73.7 Å². The number of ether oxygens (including phenoxy) is 2. The SMILES string of the molecule is C/C=C(\C=C/CN)Oc1ccc(C(C)(C)c2ccc(Oc3ccc(N)cc3)cc2)cc1. The predicted octanol–water partition coefficient (Wildman–Crippen LogP) is 6.18. The van der Waals surface area contributed by atoms with Gasteiger partial charge in [0.05, 0.1) is 0 Å². The highest BCUT2D eigenvalue weighted by Crippen LogP contribution is 2.34. The molecular weight excluding hydrogens is 384 g/mol. The molecule has 3 aromatic rings. The van der Waals surface area contributed by atoms with Gasteiger partial charge in [0, 0.05) is 17.6 Å². The Hall–Kier alpha value is -3.50. The molecule has 0 aliphatic carbocycles. The van der Waals surface area contributed by atoms with Gasteiger partial charge in [0.25, 0.3) is 0 Å². The standard InChI is InChI=1S/C27H30N2O2/c1-4-23(6-5-19-28)30-24-13-7-20(8-14-24)27(2,3)21-9-15-25(16-10-21)31-26-17-11-22(29)12-18-26/h4-18H,19,28-29H2,1-3H3/b6-5-,23-4+. The second-order valence-corrected chi connectivity index (χ2v) is 7.78. The molecule has 0 unspecified atom stereocenters. The molecule has 0 saturated heterocycles. The van der Waals surface area contributed by atoms with Crippen LogP contribution in [0.1, 0.15) is 31.9 Å². The predicted molar refractivity (Wildman–Crippen MR) is 129 cm³/mol. The molecular formula is C27H30N2O2. The summed E-state index contributed by atoms with van der Waals surface area (Å²) in [5.41, 5.74) is 14.2. The monoisotopic (exact) mass is 414 g/mol. The van der Waals surface area contributed by atoms with Crippen molar-refractivity contribution in [3.63, 3.8) is 0 Å². The number of rotatable bonds is 8. The number of nitrogen functional groups attached to an aromatic ring is 1. The van der Waals surface area contributed by atoms with Crippen molar-refractivity contribution in [2.75, 3.05) is 12.3 Å². The molecule has 160 valence electrons. The minimum Gasteiger partial charge on any atom is -0.458 e. The summed E-state index contributed by atoms with van der Waals surface area (Å²) in [6.45, 7) is 6.84. The summed E-state index contributed by atoms with van der Waals surface area (Å²) in [4.78, 5) is 0. The lowest BCUT2D eigenvalue weighted by Crippen LogP contribution is -2.18. The molecule has 0 bridgehead atoms. The van der Waals surface area contributed by atoms with Gasteiger partial charge in [0.1, 0.15) is 23.0 Å². The average molecular weight is 415 g/mol. The number of anilines is 1. The summed E-state index contributed by atoms with van der Waals surface area (Å²) in [7, 11) is 0. The Balaban J connectivity index is 1.71. The molecule has 0 radical (unpaired) electrons. The van der Waals surface area contributed by atoms with Gasteiger partial charge < -0.3 is 20.9 Å². The fourth-order valence-electron chi connectivity index (χ4n) is 3.23. The number of hydrogen-bond donors (Lipinski definition) is 2. The van der Waals surface area contributed by atoms with Crippen molar-refractivity contribution in [3.05, 3.63) is 108 Å². The van der Waals surface area contributed by atoms with E-state index in [1.165, 1.54) is 11.1 Å². The molecule has 4 N–H and O–H groups in total. The summed E-state index contributed by atoms with van der Waals surface area (Å²) >= 11 is 0. The van der Waals surface area contributed by atoms with Crippen molar-refractivity contribution in [3.8, 4) is 17.2 Å². The molecule has 4 nitrogen and oxygen atoms in total. The van der Waals surface area contributed by atoms with Crippen molar-refractivity contribution in [2.24, 2.45) is 5.73 Å². The zero-order valence-electron chi connectivity index (χ0n) is 18.3. The average Bonchev–Trinajstić information content (AvgIpc) is 2.79. The summed E-state index contributed by atoms with van der Waals surface area (Å²) in [5.74, 6) is 3.12. The molecule has 0 heterocycles. The smallest absolute Gasteiger partial charge is 0.127 e.